The van der Waals surface area contributed by atoms with E-state index in [0.29, 0.717) is 11.1 Å². The molecule has 27 heavy (non-hydrogen) atoms. The summed E-state index contributed by atoms with van der Waals surface area (Å²) in [7, 11) is 0. The van der Waals surface area contributed by atoms with Crippen molar-refractivity contribution in [3.63, 3.8) is 0 Å². The van der Waals surface area contributed by atoms with Gasteiger partial charge in [0.25, 0.3) is 0 Å². The molecule has 0 fully saturated rings. The summed E-state index contributed by atoms with van der Waals surface area (Å²) in [6, 6.07) is 16.9. The van der Waals surface area contributed by atoms with Crippen molar-refractivity contribution in [3.05, 3.63) is 65.9 Å². The number of hydrogen-bond donors (Lipinski definition) is 0. The second-order valence-corrected chi connectivity index (χ2v) is 6.90. The van der Waals surface area contributed by atoms with Crippen LogP contribution < -0.4 is 0 Å². The van der Waals surface area contributed by atoms with Crippen LogP contribution in [0.25, 0.3) is 22.0 Å². The maximum absolute atomic E-state index is 13.2. The van der Waals surface area contributed by atoms with Gasteiger partial charge in [0.2, 0.25) is 0 Å². The molecule has 0 bridgehead atoms. The molecule has 0 spiro atoms. The Hall–Kier alpha value is -2.36. The van der Waals surface area contributed by atoms with E-state index < -0.39 is 12.6 Å². The van der Waals surface area contributed by atoms with Crippen LogP contribution in [-0.4, -0.2) is 11.2 Å². The SMILES string of the molecule is CCCCCCc1c(-c2ccccc2)nc(CC(F)(F)F)c2ccccc12. The van der Waals surface area contributed by atoms with E-state index in [2.05, 4.69) is 11.9 Å². The van der Waals surface area contributed by atoms with Crippen molar-refractivity contribution in [3.8, 4) is 11.3 Å². The first kappa shape index (κ1) is 19.4. The third-order valence-electron chi connectivity index (χ3n) is 4.79. The van der Waals surface area contributed by atoms with Crippen molar-refractivity contribution >= 4 is 10.8 Å². The Kier molecular flexibility index (Phi) is 6.15. The molecule has 0 atom stereocenters. The second-order valence-electron chi connectivity index (χ2n) is 6.90. The highest BCUT2D eigenvalue weighted by Gasteiger charge is 2.30. The largest absolute Gasteiger partial charge is 0.394 e. The van der Waals surface area contributed by atoms with Crippen molar-refractivity contribution in [2.24, 2.45) is 0 Å². The van der Waals surface area contributed by atoms with E-state index in [9.17, 15) is 13.2 Å². The first-order valence-electron chi connectivity index (χ1n) is 9.52. The number of alkyl halides is 3. The molecule has 0 saturated carbocycles. The molecule has 3 rings (SSSR count). The number of pyridine rings is 1. The highest BCUT2D eigenvalue weighted by atomic mass is 19.4. The van der Waals surface area contributed by atoms with Gasteiger partial charge >= 0.3 is 6.18 Å². The summed E-state index contributed by atoms with van der Waals surface area (Å²) in [6.45, 7) is 2.16. The average molecular weight is 371 g/mol. The van der Waals surface area contributed by atoms with E-state index in [1.165, 1.54) is 0 Å². The van der Waals surface area contributed by atoms with E-state index in [-0.39, 0.29) is 5.69 Å². The zero-order valence-corrected chi connectivity index (χ0v) is 15.5. The Morgan fingerprint density at radius 2 is 1.48 bits per heavy atom. The Morgan fingerprint density at radius 1 is 0.815 bits per heavy atom. The molecule has 0 N–H and O–H groups in total. The van der Waals surface area contributed by atoms with E-state index in [4.69, 9.17) is 0 Å². The zero-order chi connectivity index (χ0) is 19.3. The number of benzene rings is 2. The molecule has 4 heteroatoms. The van der Waals surface area contributed by atoms with Crippen molar-refractivity contribution in [2.75, 3.05) is 0 Å². The summed E-state index contributed by atoms with van der Waals surface area (Å²) in [6.07, 6.45) is -0.0333. The van der Waals surface area contributed by atoms with E-state index in [1.807, 2.05) is 42.5 Å². The van der Waals surface area contributed by atoms with Gasteiger partial charge in [0.15, 0.2) is 0 Å². The first-order chi connectivity index (χ1) is 13.0. The van der Waals surface area contributed by atoms with Gasteiger partial charge in [-0.25, -0.2) is 0 Å². The lowest BCUT2D eigenvalue weighted by Crippen LogP contribution is -2.14. The summed E-state index contributed by atoms with van der Waals surface area (Å²) >= 11 is 0. The van der Waals surface area contributed by atoms with E-state index >= 15 is 0 Å². The molecule has 1 heterocycles. The number of fused-ring (bicyclic) bond motifs is 1. The van der Waals surface area contributed by atoms with Crippen molar-refractivity contribution in [2.45, 2.75) is 51.6 Å². The van der Waals surface area contributed by atoms with Crippen LogP contribution in [0, 0.1) is 0 Å². The Morgan fingerprint density at radius 3 is 2.15 bits per heavy atom. The van der Waals surface area contributed by atoms with Gasteiger partial charge in [-0.1, -0.05) is 80.8 Å². The van der Waals surface area contributed by atoms with Crippen LogP contribution in [0.4, 0.5) is 13.2 Å². The number of halogens is 3. The standard InChI is InChI=1S/C23H24F3N/c1-2-3-4-8-15-20-18-13-9-10-14-19(18)21(16-23(24,25)26)27-22(20)17-11-6-5-7-12-17/h5-7,9-14H,2-4,8,15-16H2,1H3. The average Bonchev–Trinajstić information content (AvgIpc) is 2.66. The zero-order valence-electron chi connectivity index (χ0n) is 15.5. The normalized spacial score (nSPS) is 11.9. The van der Waals surface area contributed by atoms with Crippen LogP contribution in [0.2, 0.25) is 0 Å². The Labute approximate surface area is 158 Å². The molecule has 0 saturated heterocycles. The van der Waals surface area contributed by atoms with Crippen molar-refractivity contribution in [1.29, 1.82) is 0 Å². The van der Waals surface area contributed by atoms with E-state index in [0.717, 1.165) is 48.6 Å². The molecular formula is C23H24F3N. The third kappa shape index (κ3) is 4.88. The molecule has 0 unspecified atom stereocenters. The molecular weight excluding hydrogens is 347 g/mol. The van der Waals surface area contributed by atoms with Crippen LogP contribution in [0.1, 0.15) is 43.9 Å². The summed E-state index contributed by atoms with van der Waals surface area (Å²) in [5.74, 6) is 0. The lowest BCUT2D eigenvalue weighted by molar-refractivity contribution is -0.127. The highest BCUT2D eigenvalue weighted by Crippen LogP contribution is 2.34. The number of rotatable bonds is 7. The van der Waals surface area contributed by atoms with Crippen LogP contribution in [0.5, 0.6) is 0 Å². The Balaban J connectivity index is 2.15. The van der Waals surface area contributed by atoms with E-state index in [1.54, 1.807) is 12.1 Å². The lowest BCUT2D eigenvalue weighted by Gasteiger charge is -2.17. The molecule has 0 radical (unpaired) electrons. The van der Waals surface area contributed by atoms with Gasteiger partial charge < -0.3 is 0 Å². The number of nitrogens with zero attached hydrogens (tertiary/aromatic N) is 1. The minimum absolute atomic E-state index is 0.106. The molecule has 142 valence electrons. The summed E-state index contributed by atoms with van der Waals surface area (Å²) < 4.78 is 39.5. The molecule has 2 aromatic carbocycles. The van der Waals surface area contributed by atoms with Gasteiger partial charge in [0.1, 0.15) is 0 Å². The molecule has 3 aromatic rings. The van der Waals surface area contributed by atoms with Crippen molar-refractivity contribution in [1.82, 2.24) is 4.98 Å². The number of aromatic nitrogens is 1. The van der Waals surface area contributed by atoms with Crippen molar-refractivity contribution < 1.29 is 13.2 Å². The minimum Gasteiger partial charge on any atom is -0.252 e. The molecule has 1 nitrogen and oxygen atoms in total. The predicted octanol–water partition coefficient (Wildman–Crippen LogP) is 7.13. The molecule has 0 aliphatic rings. The fourth-order valence-electron chi connectivity index (χ4n) is 3.53. The lowest BCUT2D eigenvalue weighted by atomic mass is 9.93. The van der Waals surface area contributed by atoms with Gasteiger partial charge in [0, 0.05) is 10.9 Å². The summed E-state index contributed by atoms with van der Waals surface area (Å²) in [5.41, 5.74) is 2.72. The minimum atomic E-state index is -4.29. The first-order valence-corrected chi connectivity index (χ1v) is 9.52. The van der Waals surface area contributed by atoms with Gasteiger partial charge in [-0.3, -0.25) is 4.98 Å². The van der Waals surface area contributed by atoms with Crippen LogP contribution >= 0.6 is 0 Å². The quantitative estimate of drug-likeness (QED) is 0.403. The maximum Gasteiger partial charge on any atom is 0.394 e. The van der Waals surface area contributed by atoms with Gasteiger partial charge in [-0.15, -0.1) is 0 Å². The molecule has 0 amide bonds. The number of hydrogen-bond acceptors (Lipinski definition) is 1. The molecule has 0 aliphatic heterocycles. The third-order valence-corrected chi connectivity index (χ3v) is 4.79. The van der Waals surface area contributed by atoms with Gasteiger partial charge in [0.05, 0.1) is 17.8 Å². The summed E-state index contributed by atoms with van der Waals surface area (Å²) in [5, 5.41) is 1.50. The fraction of sp³-hybridized carbons (Fsp3) is 0.348. The second kappa shape index (κ2) is 8.55. The number of aryl methyl sites for hydroxylation is 1. The van der Waals surface area contributed by atoms with Gasteiger partial charge in [-0.05, 0) is 23.8 Å². The fourth-order valence-corrected chi connectivity index (χ4v) is 3.53. The van der Waals surface area contributed by atoms with Crippen LogP contribution in [0.15, 0.2) is 54.6 Å². The predicted molar refractivity (Wildman–Crippen MR) is 105 cm³/mol. The topological polar surface area (TPSA) is 12.9 Å². The smallest absolute Gasteiger partial charge is 0.252 e. The molecule has 0 aliphatic carbocycles. The highest BCUT2D eigenvalue weighted by molar-refractivity contribution is 5.92. The number of unbranched alkanes of at least 4 members (excludes halogenated alkanes) is 3. The van der Waals surface area contributed by atoms with Gasteiger partial charge in [-0.2, -0.15) is 13.2 Å². The maximum atomic E-state index is 13.2. The van der Waals surface area contributed by atoms with Crippen LogP contribution in [-0.2, 0) is 12.8 Å². The Bertz CT molecular complexity index is 885. The monoisotopic (exact) mass is 371 g/mol. The summed E-state index contributed by atoms with van der Waals surface area (Å²) in [4.78, 5) is 4.54. The molecule has 1 aromatic heterocycles. The van der Waals surface area contributed by atoms with Crippen LogP contribution in [0.3, 0.4) is 0 Å².